The minimum absolute atomic E-state index is 0.149. The molecule has 0 aromatic rings. The van der Waals surface area contributed by atoms with Gasteiger partial charge in [-0.2, -0.15) is 5.10 Å². The summed E-state index contributed by atoms with van der Waals surface area (Å²) in [5.74, 6) is 0. The van der Waals surface area contributed by atoms with Crippen molar-refractivity contribution in [2.45, 2.75) is 6.42 Å². The van der Waals surface area contributed by atoms with E-state index in [9.17, 15) is 0 Å². The van der Waals surface area contributed by atoms with Crippen LogP contribution in [-0.4, -0.2) is 25.0 Å². The quantitative estimate of drug-likeness (QED) is 0.580. The highest BCUT2D eigenvalue weighted by Gasteiger charge is 2.42. The van der Waals surface area contributed by atoms with Crippen molar-refractivity contribution in [3.05, 3.63) is 23.8 Å². The van der Waals surface area contributed by atoms with Gasteiger partial charge in [-0.05, 0) is 18.1 Å². The van der Waals surface area contributed by atoms with Crippen LogP contribution in [0.4, 0.5) is 0 Å². The first-order chi connectivity index (χ1) is 6.42. The standard InChI is InChI=1S/C10H11N3/c1-2-8-6-12-13-7-10(8)4-5-11-9(10)3-1/h1-3,6,13H,4-5,7H2. The van der Waals surface area contributed by atoms with Crippen LogP contribution in [0.25, 0.3) is 0 Å². The maximum Gasteiger partial charge on any atom is 0.0593 e. The fourth-order valence-corrected chi connectivity index (χ4v) is 2.30. The highest BCUT2D eigenvalue weighted by molar-refractivity contribution is 6.09. The van der Waals surface area contributed by atoms with E-state index in [2.05, 4.69) is 33.7 Å². The maximum atomic E-state index is 4.52. The van der Waals surface area contributed by atoms with Crippen LogP contribution in [0.15, 0.2) is 33.9 Å². The number of rotatable bonds is 0. The average Bonchev–Trinajstić information content (AvgIpc) is 2.58. The van der Waals surface area contributed by atoms with E-state index in [-0.39, 0.29) is 5.41 Å². The lowest BCUT2D eigenvalue weighted by molar-refractivity contribution is 0.457. The van der Waals surface area contributed by atoms with Crippen LogP contribution in [0.3, 0.4) is 0 Å². The van der Waals surface area contributed by atoms with E-state index in [0.29, 0.717) is 0 Å². The Morgan fingerprint density at radius 2 is 2.46 bits per heavy atom. The van der Waals surface area contributed by atoms with Gasteiger partial charge in [-0.15, -0.1) is 0 Å². The van der Waals surface area contributed by atoms with Crippen LogP contribution in [0.1, 0.15) is 6.42 Å². The van der Waals surface area contributed by atoms with Crippen molar-refractivity contribution in [1.82, 2.24) is 5.43 Å². The van der Waals surface area contributed by atoms with Gasteiger partial charge in [0.05, 0.1) is 11.6 Å². The Labute approximate surface area is 76.9 Å². The second-order valence-electron chi connectivity index (χ2n) is 3.67. The van der Waals surface area contributed by atoms with Crippen LogP contribution in [0.2, 0.25) is 0 Å². The van der Waals surface area contributed by atoms with Gasteiger partial charge in [-0.25, -0.2) is 0 Å². The van der Waals surface area contributed by atoms with Crippen molar-refractivity contribution in [2.24, 2.45) is 15.5 Å². The fraction of sp³-hybridized carbons (Fsp3) is 0.400. The SMILES string of the molecule is C1=CC2=NCCC23CNN=CC3=C1. The number of nitrogens with zero attached hydrogens (tertiary/aromatic N) is 2. The van der Waals surface area contributed by atoms with Gasteiger partial charge in [0.25, 0.3) is 0 Å². The lowest BCUT2D eigenvalue weighted by Gasteiger charge is -2.34. The van der Waals surface area contributed by atoms with Gasteiger partial charge in [0.15, 0.2) is 0 Å². The normalized spacial score (nSPS) is 34.5. The molecule has 3 rings (SSSR count). The minimum Gasteiger partial charge on any atom is -0.309 e. The van der Waals surface area contributed by atoms with E-state index in [4.69, 9.17) is 0 Å². The van der Waals surface area contributed by atoms with Crippen LogP contribution in [0.5, 0.6) is 0 Å². The van der Waals surface area contributed by atoms with E-state index >= 15 is 0 Å². The smallest absolute Gasteiger partial charge is 0.0593 e. The molecule has 0 saturated heterocycles. The summed E-state index contributed by atoms with van der Waals surface area (Å²) in [7, 11) is 0. The number of hydrogen-bond donors (Lipinski definition) is 1. The Morgan fingerprint density at radius 1 is 1.46 bits per heavy atom. The first-order valence-corrected chi connectivity index (χ1v) is 4.61. The number of allylic oxidation sites excluding steroid dienone is 3. The zero-order valence-electron chi connectivity index (χ0n) is 7.33. The maximum absolute atomic E-state index is 4.52. The molecule has 3 heteroatoms. The van der Waals surface area contributed by atoms with Crippen molar-refractivity contribution >= 4 is 11.9 Å². The van der Waals surface area contributed by atoms with Crippen LogP contribution in [0, 0.1) is 5.41 Å². The summed E-state index contributed by atoms with van der Waals surface area (Å²) in [6.45, 7) is 1.85. The number of hydrogen-bond acceptors (Lipinski definition) is 3. The number of aliphatic imine (C=N–C) groups is 1. The predicted octanol–water partition coefficient (Wildman–Crippen LogP) is 0.903. The number of hydrazone groups is 1. The monoisotopic (exact) mass is 173 g/mol. The second kappa shape index (κ2) is 2.31. The van der Waals surface area contributed by atoms with E-state index in [0.717, 1.165) is 19.5 Å². The molecule has 66 valence electrons. The number of nitrogens with one attached hydrogen (secondary N) is 1. The Hall–Kier alpha value is -1.38. The topological polar surface area (TPSA) is 36.8 Å². The Kier molecular flexibility index (Phi) is 1.26. The van der Waals surface area contributed by atoms with Crippen LogP contribution >= 0.6 is 0 Å². The third kappa shape index (κ3) is 0.789. The summed E-state index contributed by atoms with van der Waals surface area (Å²) in [5.41, 5.74) is 5.75. The molecule has 2 heterocycles. The largest absolute Gasteiger partial charge is 0.309 e. The van der Waals surface area contributed by atoms with E-state index in [1.165, 1.54) is 11.3 Å². The van der Waals surface area contributed by atoms with Crippen molar-refractivity contribution < 1.29 is 0 Å². The molecule has 0 aromatic heterocycles. The van der Waals surface area contributed by atoms with Crippen molar-refractivity contribution in [1.29, 1.82) is 0 Å². The second-order valence-corrected chi connectivity index (χ2v) is 3.67. The molecule has 1 atom stereocenters. The van der Waals surface area contributed by atoms with Crippen molar-refractivity contribution in [3.63, 3.8) is 0 Å². The zero-order chi connectivity index (χ0) is 8.73. The lowest BCUT2D eigenvalue weighted by atomic mass is 9.72. The summed E-state index contributed by atoms with van der Waals surface area (Å²) in [5, 5.41) is 4.08. The first-order valence-electron chi connectivity index (χ1n) is 4.61. The Morgan fingerprint density at radius 3 is 3.46 bits per heavy atom. The molecule has 1 unspecified atom stereocenters. The predicted molar refractivity (Wildman–Crippen MR) is 53.1 cm³/mol. The Bertz CT molecular complexity index is 362. The van der Waals surface area contributed by atoms with E-state index in [1.54, 1.807) is 0 Å². The molecule has 0 fully saturated rings. The molecular weight excluding hydrogens is 162 g/mol. The van der Waals surface area contributed by atoms with Crippen LogP contribution in [-0.2, 0) is 0 Å². The minimum atomic E-state index is 0.149. The molecule has 1 N–H and O–H groups in total. The Balaban J connectivity index is 2.17. The van der Waals surface area contributed by atoms with Crippen molar-refractivity contribution in [2.75, 3.05) is 13.1 Å². The molecule has 3 nitrogen and oxygen atoms in total. The zero-order valence-corrected chi connectivity index (χ0v) is 7.33. The van der Waals surface area contributed by atoms with Gasteiger partial charge in [-0.1, -0.05) is 12.2 Å². The summed E-state index contributed by atoms with van der Waals surface area (Å²) >= 11 is 0. The fourth-order valence-electron chi connectivity index (χ4n) is 2.30. The molecule has 0 bridgehead atoms. The highest BCUT2D eigenvalue weighted by Crippen LogP contribution is 2.39. The van der Waals surface area contributed by atoms with Gasteiger partial charge >= 0.3 is 0 Å². The molecule has 1 aliphatic carbocycles. The summed E-state index contributed by atoms with van der Waals surface area (Å²) < 4.78 is 0. The van der Waals surface area contributed by atoms with Gasteiger partial charge in [0.1, 0.15) is 0 Å². The molecule has 3 aliphatic rings. The lowest BCUT2D eigenvalue weighted by Crippen LogP contribution is -2.42. The van der Waals surface area contributed by atoms with E-state index in [1.807, 2.05) is 6.21 Å². The molecule has 0 aromatic carbocycles. The molecule has 2 aliphatic heterocycles. The molecule has 1 spiro atoms. The summed E-state index contributed by atoms with van der Waals surface area (Å²) in [6.07, 6.45) is 9.38. The average molecular weight is 173 g/mol. The summed E-state index contributed by atoms with van der Waals surface area (Å²) in [6, 6.07) is 0. The molecule has 0 radical (unpaired) electrons. The van der Waals surface area contributed by atoms with Crippen molar-refractivity contribution in [3.8, 4) is 0 Å². The molecule has 13 heavy (non-hydrogen) atoms. The third-order valence-corrected chi connectivity index (χ3v) is 3.07. The third-order valence-electron chi connectivity index (χ3n) is 3.07. The highest BCUT2D eigenvalue weighted by atomic mass is 15.3. The van der Waals surface area contributed by atoms with Gasteiger partial charge in [0.2, 0.25) is 0 Å². The summed E-state index contributed by atoms with van der Waals surface area (Å²) in [4.78, 5) is 4.52. The molecular formula is C10H11N3. The molecule has 0 amide bonds. The van der Waals surface area contributed by atoms with Crippen LogP contribution < -0.4 is 5.43 Å². The molecule has 0 saturated carbocycles. The first kappa shape index (κ1) is 7.06. The van der Waals surface area contributed by atoms with E-state index < -0.39 is 0 Å². The van der Waals surface area contributed by atoms with Gasteiger partial charge in [0, 0.05) is 18.8 Å². The van der Waals surface area contributed by atoms with Gasteiger partial charge < -0.3 is 5.43 Å². The van der Waals surface area contributed by atoms with Gasteiger partial charge in [-0.3, -0.25) is 4.99 Å².